The predicted octanol–water partition coefficient (Wildman–Crippen LogP) is 6.75. The van der Waals surface area contributed by atoms with E-state index in [0.717, 1.165) is 48.1 Å². The Morgan fingerprint density at radius 3 is 2.41 bits per heavy atom. The van der Waals surface area contributed by atoms with Gasteiger partial charge < -0.3 is 10.2 Å². The van der Waals surface area contributed by atoms with Gasteiger partial charge in [-0.15, -0.1) is 11.3 Å². The minimum Gasteiger partial charge on any atom is -0.372 e. The molecular weight excluding hydrogens is 412 g/mol. The highest BCUT2D eigenvalue weighted by Gasteiger charge is 2.21. The van der Waals surface area contributed by atoms with Crippen molar-refractivity contribution in [2.24, 2.45) is 0 Å². The van der Waals surface area contributed by atoms with Gasteiger partial charge >= 0.3 is 0 Å². The van der Waals surface area contributed by atoms with E-state index >= 15 is 0 Å². The molecule has 2 aromatic carbocycles. The van der Waals surface area contributed by atoms with Crippen molar-refractivity contribution in [3.05, 3.63) is 76.4 Å². The standard InChI is InChI=1S/C27H30N4S/c1-3-31(4-2)21-16-14-20(15-17-21)28-26-25-22-12-8-9-13-23(22)32-27(25)30-24(29-26)18-19-10-6-5-7-11-19/h5-7,10-11,14-17H,3-4,8-9,12-13,18H2,1-2H3,(H,28,29,30). The molecule has 164 valence electrons. The van der Waals surface area contributed by atoms with Crippen LogP contribution in [0.4, 0.5) is 17.2 Å². The number of nitrogens with one attached hydrogen (secondary N) is 1. The van der Waals surface area contributed by atoms with Crippen LogP contribution >= 0.6 is 11.3 Å². The zero-order valence-electron chi connectivity index (χ0n) is 18.9. The molecule has 0 unspecified atom stereocenters. The van der Waals surface area contributed by atoms with Crippen LogP contribution in [0.2, 0.25) is 0 Å². The van der Waals surface area contributed by atoms with Gasteiger partial charge in [0.1, 0.15) is 16.5 Å². The number of anilines is 3. The zero-order chi connectivity index (χ0) is 21.9. The lowest BCUT2D eigenvalue weighted by Crippen LogP contribution is -2.21. The summed E-state index contributed by atoms with van der Waals surface area (Å²) in [6.45, 7) is 6.42. The smallest absolute Gasteiger partial charge is 0.143 e. The van der Waals surface area contributed by atoms with E-state index in [1.165, 1.54) is 46.3 Å². The molecule has 0 amide bonds. The lowest BCUT2D eigenvalue weighted by atomic mass is 9.97. The van der Waals surface area contributed by atoms with Crippen molar-refractivity contribution in [2.45, 2.75) is 46.0 Å². The Bertz CT molecular complexity index is 1190. The van der Waals surface area contributed by atoms with Gasteiger partial charge in [-0.1, -0.05) is 30.3 Å². The highest BCUT2D eigenvalue weighted by molar-refractivity contribution is 7.19. The number of fused-ring (bicyclic) bond motifs is 3. The molecule has 0 saturated carbocycles. The minimum absolute atomic E-state index is 0.745. The quantitative estimate of drug-likeness (QED) is 0.344. The highest BCUT2D eigenvalue weighted by Crippen LogP contribution is 2.39. The molecule has 4 nitrogen and oxygen atoms in total. The molecule has 0 aliphatic heterocycles. The number of rotatable bonds is 7. The first kappa shape index (κ1) is 21.0. The Morgan fingerprint density at radius 1 is 0.906 bits per heavy atom. The Kier molecular flexibility index (Phi) is 6.08. The molecule has 0 saturated heterocycles. The van der Waals surface area contributed by atoms with Crippen molar-refractivity contribution in [3.8, 4) is 0 Å². The third-order valence-corrected chi connectivity index (χ3v) is 7.51. The summed E-state index contributed by atoms with van der Waals surface area (Å²) in [4.78, 5) is 15.0. The minimum atomic E-state index is 0.745. The number of hydrogen-bond donors (Lipinski definition) is 1. The van der Waals surface area contributed by atoms with E-state index in [0.29, 0.717) is 0 Å². The first-order valence-corrected chi connectivity index (χ1v) is 12.5. The van der Waals surface area contributed by atoms with Crippen LogP contribution in [0, 0.1) is 0 Å². The van der Waals surface area contributed by atoms with Gasteiger partial charge in [-0.3, -0.25) is 0 Å². The number of nitrogens with zero attached hydrogens (tertiary/aromatic N) is 3. The van der Waals surface area contributed by atoms with E-state index in [2.05, 4.69) is 78.7 Å². The molecule has 2 heterocycles. The molecule has 0 radical (unpaired) electrons. The fourth-order valence-electron chi connectivity index (χ4n) is 4.63. The van der Waals surface area contributed by atoms with Gasteiger partial charge in [-0.05, 0) is 74.9 Å². The summed E-state index contributed by atoms with van der Waals surface area (Å²) in [5.41, 5.74) is 5.03. The van der Waals surface area contributed by atoms with Gasteiger partial charge in [0.05, 0.1) is 5.39 Å². The molecule has 1 N–H and O–H groups in total. The van der Waals surface area contributed by atoms with Crippen LogP contribution in [-0.4, -0.2) is 23.1 Å². The zero-order valence-corrected chi connectivity index (χ0v) is 19.7. The van der Waals surface area contributed by atoms with E-state index in [-0.39, 0.29) is 0 Å². The second kappa shape index (κ2) is 9.29. The van der Waals surface area contributed by atoms with Crippen molar-refractivity contribution >= 4 is 38.7 Å². The van der Waals surface area contributed by atoms with Gasteiger partial charge in [-0.2, -0.15) is 0 Å². The molecule has 0 atom stereocenters. The number of aryl methyl sites for hydroxylation is 2. The number of thiophene rings is 1. The van der Waals surface area contributed by atoms with Crippen molar-refractivity contribution in [2.75, 3.05) is 23.3 Å². The van der Waals surface area contributed by atoms with Crippen molar-refractivity contribution in [1.82, 2.24) is 9.97 Å². The Balaban J connectivity index is 1.53. The van der Waals surface area contributed by atoms with Gasteiger partial charge in [0, 0.05) is 35.8 Å². The van der Waals surface area contributed by atoms with E-state index in [4.69, 9.17) is 9.97 Å². The number of benzene rings is 2. The highest BCUT2D eigenvalue weighted by atomic mass is 32.1. The van der Waals surface area contributed by atoms with Crippen LogP contribution in [0.25, 0.3) is 10.2 Å². The summed E-state index contributed by atoms with van der Waals surface area (Å²) in [5.74, 6) is 1.83. The molecule has 5 heteroatoms. The fourth-order valence-corrected chi connectivity index (χ4v) is 5.91. The Morgan fingerprint density at radius 2 is 1.66 bits per heavy atom. The maximum atomic E-state index is 5.04. The summed E-state index contributed by atoms with van der Waals surface area (Å²) in [7, 11) is 0. The first-order chi connectivity index (χ1) is 15.7. The van der Waals surface area contributed by atoms with Crippen molar-refractivity contribution < 1.29 is 0 Å². The Labute approximate surface area is 194 Å². The maximum Gasteiger partial charge on any atom is 0.143 e. The molecule has 4 aromatic rings. The average molecular weight is 443 g/mol. The average Bonchev–Trinajstić information content (AvgIpc) is 3.20. The third-order valence-electron chi connectivity index (χ3n) is 6.32. The SMILES string of the molecule is CCN(CC)c1ccc(Nc2nc(Cc3ccccc3)nc3sc4c(c23)CCCC4)cc1. The van der Waals surface area contributed by atoms with Crippen LogP contribution in [0.1, 0.15) is 48.5 Å². The maximum absolute atomic E-state index is 5.04. The van der Waals surface area contributed by atoms with E-state index < -0.39 is 0 Å². The van der Waals surface area contributed by atoms with E-state index in [1.54, 1.807) is 0 Å². The number of hydrogen-bond acceptors (Lipinski definition) is 5. The molecule has 32 heavy (non-hydrogen) atoms. The molecule has 0 spiro atoms. The molecule has 5 rings (SSSR count). The van der Waals surface area contributed by atoms with Crippen LogP contribution in [0.3, 0.4) is 0 Å². The Hall–Kier alpha value is -2.92. The van der Waals surface area contributed by atoms with Crippen molar-refractivity contribution in [1.29, 1.82) is 0 Å². The van der Waals surface area contributed by atoms with Crippen LogP contribution < -0.4 is 10.2 Å². The second-order valence-corrected chi connectivity index (χ2v) is 9.47. The summed E-state index contributed by atoms with van der Waals surface area (Å²) in [6, 6.07) is 19.2. The summed E-state index contributed by atoms with van der Waals surface area (Å²) >= 11 is 1.86. The normalized spacial score (nSPS) is 13.2. The predicted molar refractivity (Wildman–Crippen MR) is 137 cm³/mol. The topological polar surface area (TPSA) is 41.0 Å². The van der Waals surface area contributed by atoms with Crippen LogP contribution in [0.5, 0.6) is 0 Å². The third kappa shape index (κ3) is 4.22. The molecular formula is C27H30N4S. The van der Waals surface area contributed by atoms with Gasteiger partial charge in [0.15, 0.2) is 0 Å². The lowest BCUT2D eigenvalue weighted by molar-refractivity contribution is 0.700. The molecule has 2 aromatic heterocycles. The lowest BCUT2D eigenvalue weighted by Gasteiger charge is -2.21. The summed E-state index contributed by atoms with van der Waals surface area (Å²) in [6.07, 6.45) is 5.58. The van der Waals surface area contributed by atoms with Gasteiger partial charge in [0.25, 0.3) is 0 Å². The molecule has 1 aliphatic rings. The molecule has 1 aliphatic carbocycles. The second-order valence-electron chi connectivity index (χ2n) is 8.39. The van der Waals surface area contributed by atoms with Gasteiger partial charge in [-0.25, -0.2) is 9.97 Å². The van der Waals surface area contributed by atoms with Gasteiger partial charge in [0.2, 0.25) is 0 Å². The van der Waals surface area contributed by atoms with Crippen LogP contribution in [0.15, 0.2) is 54.6 Å². The summed E-state index contributed by atoms with van der Waals surface area (Å²) < 4.78 is 0. The van der Waals surface area contributed by atoms with Crippen LogP contribution in [-0.2, 0) is 19.3 Å². The summed E-state index contributed by atoms with van der Waals surface area (Å²) in [5, 5.41) is 4.88. The number of aromatic nitrogens is 2. The van der Waals surface area contributed by atoms with E-state index in [9.17, 15) is 0 Å². The molecule has 0 fully saturated rings. The fraction of sp³-hybridized carbons (Fsp3) is 0.333. The first-order valence-electron chi connectivity index (χ1n) is 11.7. The monoisotopic (exact) mass is 442 g/mol. The largest absolute Gasteiger partial charge is 0.372 e. The molecule has 0 bridgehead atoms. The van der Waals surface area contributed by atoms with E-state index in [1.807, 2.05) is 11.3 Å². The van der Waals surface area contributed by atoms with Crippen molar-refractivity contribution in [3.63, 3.8) is 0 Å².